The van der Waals surface area contributed by atoms with Crippen LogP contribution in [0.2, 0.25) is 0 Å². The van der Waals surface area contributed by atoms with Crippen LogP contribution in [0.3, 0.4) is 0 Å². The molecule has 1 aromatic heterocycles. The first-order valence-corrected chi connectivity index (χ1v) is 9.11. The molecule has 1 aromatic rings. The highest BCUT2D eigenvalue weighted by molar-refractivity contribution is 7.14. The molecule has 1 aliphatic heterocycles. The number of fused-ring (bicyclic) bond motifs is 1. The Morgan fingerprint density at radius 2 is 2.14 bits per heavy atom. The van der Waals surface area contributed by atoms with Gasteiger partial charge >= 0.3 is 0 Å². The third-order valence-electron chi connectivity index (χ3n) is 4.86. The zero-order chi connectivity index (χ0) is 14.8. The number of amides is 1. The molecule has 1 amide bonds. The summed E-state index contributed by atoms with van der Waals surface area (Å²) in [7, 11) is 1.92. The van der Waals surface area contributed by atoms with Gasteiger partial charge in [0, 0.05) is 37.6 Å². The molecule has 0 bridgehead atoms. The third kappa shape index (κ3) is 3.16. The summed E-state index contributed by atoms with van der Waals surface area (Å²) < 4.78 is 0. The fourth-order valence-electron chi connectivity index (χ4n) is 3.51. The summed E-state index contributed by atoms with van der Waals surface area (Å²) in [6.07, 6.45) is 7.72. The summed E-state index contributed by atoms with van der Waals surface area (Å²) in [6.45, 7) is 5.15. The van der Waals surface area contributed by atoms with Crippen molar-refractivity contribution in [2.45, 2.75) is 64.6 Å². The minimum absolute atomic E-state index is 0.204. The molecule has 0 saturated heterocycles. The zero-order valence-electron chi connectivity index (χ0n) is 13.2. The van der Waals surface area contributed by atoms with Gasteiger partial charge in [-0.05, 0) is 30.9 Å². The molecule has 0 spiro atoms. The maximum absolute atomic E-state index is 12.4. The molecule has 0 radical (unpaired) electrons. The van der Waals surface area contributed by atoms with Crippen molar-refractivity contribution < 1.29 is 4.79 Å². The van der Waals surface area contributed by atoms with E-state index in [1.807, 2.05) is 11.9 Å². The summed E-state index contributed by atoms with van der Waals surface area (Å²) in [4.78, 5) is 19.3. The van der Waals surface area contributed by atoms with Gasteiger partial charge in [-0.25, -0.2) is 0 Å². The second kappa shape index (κ2) is 6.49. The summed E-state index contributed by atoms with van der Waals surface area (Å²) in [5.41, 5.74) is 1.40. The van der Waals surface area contributed by atoms with Crippen LogP contribution in [0.4, 0.5) is 0 Å². The summed E-state index contributed by atoms with van der Waals surface area (Å²) in [5.74, 6) is 0.204. The van der Waals surface area contributed by atoms with Crippen molar-refractivity contribution in [3.63, 3.8) is 0 Å². The van der Waals surface area contributed by atoms with Crippen molar-refractivity contribution in [3.8, 4) is 0 Å². The fraction of sp³-hybridized carbons (Fsp3) is 0.706. The van der Waals surface area contributed by atoms with Crippen molar-refractivity contribution in [1.29, 1.82) is 0 Å². The number of hydrogen-bond donors (Lipinski definition) is 0. The Morgan fingerprint density at radius 3 is 2.81 bits per heavy atom. The van der Waals surface area contributed by atoms with E-state index in [-0.39, 0.29) is 5.91 Å². The minimum Gasteiger partial charge on any atom is -0.341 e. The van der Waals surface area contributed by atoms with Gasteiger partial charge in [0.05, 0.1) is 4.88 Å². The van der Waals surface area contributed by atoms with Crippen LogP contribution in [-0.4, -0.2) is 35.3 Å². The minimum atomic E-state index is 0.204. The zero-order valence-corrected chi connectivity index (χ0v) is 14.0. The highest BCUT2D eigenvalue weighted by Gasteiger charge is 2.30. The monoisotopic (exact) mass is 306 g/mol. The number of thiophene rings is 1. The van der Waals surface area contributed by atoms with Crippen molar-refractivity contribution in [1.82, 2.24) is 9.80 Å². The molecule has 0 aromatic carbocycles. The number of carbonyl (C=O) groups is 1. The predicted octanol–water partition coefficient (Wildman–Crippen LogP) is 3.88. The van der Waals surface area contributed by atoms with E-state index in [0.717, 1.165) is 43.4 Å². The standard InChI is InChI=1S/C17H26N2OS/c1-3-4-9-18(2)17(20)15-10-13-11-19(12-16(13)21-15)14-7-5-6-8-14/h10,14H,3-9,11-12H2,1-2H3. The molecule has 0 unspecified atom stereocenters. The first-order valence-electron chi connectivity index (χ1n) is 8.30. The highest BCUT2D eigenvalue weighted by Crippen LogP contribution is 2.36. The number of carbonyl (C=O) groups excluding carboxylic acids is 1. The Morgan fingerprint density at radius 1 is 1.38 bits per heavy atom. The molecular formula is C17H26N2OS. The lowest BCUT2D eigenvalue weighted by Gasteiger charge is -2.23. The van der Waals surface area contributed by atoms with E-state index in [2.05, 4.69) is 17.9 Å². The van der Waals surface area contributed by atoms with E-state index in [1.54, 1.807) is 11.3 Å². The van der Waals surface area contributed by atoms with Crippen LogP contribution < -0.4 is 0 Å². The van der Waals surface area contributed by atoms with Gasteiger partial charge in [0.15, 0.2) is 0 Å². The Hall–Kier alpha value is -0.870. The highest BCUT2D eigenvalue weighted by atomic mass is 32.1. The van der Waals surface area contributed by atoms with Gasteiger partial charge in [-0.15, -0.1) is 11.3 Å². The quantitative estimate of drug-likeness (QED) is 0.824. The Balaban J connectivity index is 1.62. The molecule has 0 atom stereocenters. The van der Waals surface area contributed by atoms with E-state index >= 15 is 0 Å². The molecule has 1 fully saturated rings. The molecule has 4 heteroatoms. The Labute approximate surface area is 131 Å². The van der Waals surface area contributed by atoms with E-state index in [0.29, 0.717) is 0 Å². The molecule has 116 valence electrons. The first kappa shape index (κ1) is 15.0. The van der Waals surface area contributed by atoms with Crippen molar-refractivity contribution in [2.75, 3.05) is 13.6 Å². The van der Waals surface area contributed by atoms with E-state index in [1.165, 1.54) is 36.1 Å². The molecule has 1 aliphatic carbocycles. The van der Waals surface area contributed by atoms with E-state index < -0.39 is 0 Å². The molecule has 3 nitrogen and oxygen atoms in total. The molecule has 1 saturated carbocycles. The average Bonchev–Trinajstić information content (AvgIpc) is 3.17. The largest absolute Gasteiger partial charge is 0.341 e. The fourth-order valence-corrected chi connectivity index (χ4v) is 4.71. The molecular weight excluding hydrogens is 280 g/mol. The van der Waals surface area contributed by atoms with Crippen LogP contribution >= 0.6 is 11.3 Å². The second-order valence-corrected chi connectivity index (χ2v) is 7.62. The van der Waals surface area contributed by atoms with Crippen LogP contribution in [0.5, 0.6) is 0 Å². The van der Waals surface area contributed by atoms with Crippen LogP contribution in [0.25, 0.3) is 0 Å². The lowest BCUT2D eigenvalue weighted by molar-refractivity contribution is 0.0798. The Kier molecular flexibility index (Phi) is 4.65. The van der Waals surface area contributed by atoms with Crippen LogP contribution in [-0.2, 0) is 13.1 Å². The van der Waals surface area contributed by atoms with Crippen LogP contribution in [0.15, 0.2) is 6.07 Å². The number of nitrogens with zero attached hydrogens (tertiary/aromatic N) is 2. The van der Waals surface area contributed by atoms with Gasteiger partial charge in [0.2, 0.25) is 0 Å². The average molecular weight is 306 g/mol. The summed E-state index contributed by atoms with van der Waals surface area (Å²) >= 11 is 1.72. The van der Waals surface area contributed by atoms with Gasteiger partial charge < -0.3 is 4.90 Å². The van der Waals surface area contributed by atoms with Gasteiger partial charge in [-0.3, -0.25) is 9.69 Å². The lowest BCUT2D eigenvalue weighted by Crippen LogP contribution is -2.28. The van der Waals surface area contributed by atoms with Crippen molar-refractivity contribution in [2.24, 2.45) is 0 Å². The Bertz CT molecular complexity index is 481. The van der Waals surface area contributed by atoms with Gasteiger partial charge in [-0.2, -0.15) is 0 Å². The van der Waals surface area contributed by atoms with E-state index in [9.17, 15) is 4.79 Å². The topological polar surface area (TPSA) is 23.6 Å². The number of hydrogen-bond acceptors (Lipinski definition) is 3. The molecule has 2 aliphatic rings. The maximum Gasteiger partial charge on any atom is 0.263 e. The molecule has 3 rings (SSSR count). The van der Waals surface area contributed by atoms with Crippen LogP contribution in [0.1, 0.15) is 65.6 Å². The van der Waals surface area contributed by atoms with Crippen molar-refractivity contribution in [3.05, 3.63) is 21.4 Å². The summed E-state index contributed by atoms with van der Waals surface area (Å²) in [5, 5.41) is 0. The third-order valence-corrected chi connectivity index (χ3v) is 6.01. The number of rotatable bonds is 5. The molecule has 21 heavy (non-hydrogen) atoms. The van der Waals surface area contributed by atoms with E-state index in [4.69, 9.17) is 0 Å². The molecule has 2 heterocycles. The SMILES string of the molecule is CCCCN(C)C(=O)c1cc2c(s1)CN(C1CCCC1)C2. The van der Waals surface area contributed by atoms with Gasteiger partial charge in [0.25, 0.3) is 5.91 Å². The van der Waals surface area contributed by atoms with Gasteiger partial charge in [-0.1, -0.05) is 26.2 Å². The second-order valence-electron chi connectivity index (χ2n) is 6.48. The van der Waals surface area contributed by atoms with Crippen molar-refractivity contribution >= 4 is 17.2 Å². The molecule has 0 N–H and O–H groups in total. The first-order chi connectivity index (χ1) is 10.2. The maximum atomic E-state index is 12.4. The smallest absolute Gasteiger partial charge is 0.263 e. The van der Waals surface area contributed by atoms with Crippen LogP contribution in [0, 0.1) is 0 Å². The predicted molar refractivity (Wildman–Crippen MR) is 87.7 cm³/mol. The normalized spacial score (nSPS) is 19.1. The lowest BCUT2D eigenvalue weighted by atomic mass is 10.2. The van der Waals surface area contributed by atoms with Gasteiger partial charge in [0.1, 0.15) is 0 Å². The number of unbranched alkanes of at least 4 members (excludes halogenated alkanes) is 1. The summed E-state index contributed by atoms with van der Waals surface area (Å²) in [6, 6.07) is 2.94.